The summed E-state index contributed by atoms with van der Waals surface area (Å²) in [5.41, 5.74) is 0. The first-order chi connectivity index (χ1) is 8.31. The van der Waals surface area contributed by atoms with E-state index in [2.05, 4.69) is 25.8 Å². The molecule has 2 rings (SSSR count). The van der Waals surface area contributed by atoms with E-state index in [1.807, 2.05) is 18.3 Å². The fourth-order valence-electron chi connectivity index (χ4n) is 2.52. The Morgan fingerprint density at radius 2 is 2.06 bits per heavy atom. The SMILES string of the molecule is OCCN(c1ccc(Br)cn1)C1CCCCC1. The van der Waals surface area contributed by atoms with E-state index in [9.17, 15) is 5.11 Å². The standard InChI is InChI=1S/C13H19BrN2O/c14-11-6-7-13(15-10-11)16(8-9-17)12-4-2-1-3-5-12/h6-7,10,12,17H,1-5,8-9H2. The molecule has 0 saturated heterocycles. The minimum absolute atomic E-state index is 0.189. The molecule has 0 spiro atoms. The fourth-order valence-corrected chi connectivity index (χ4v) is 2.76. The van der Waals surface area contributed by atoms with Crippen molar-refractivity contribution in [3.8, 4) is 0 Å². The number of hydrogen-bond donors (Lipinski definition) is 1. The van der Waals surface area contributed by atoms with E-state index in [-0.39, 0.29) is 6.61 Å². The summed E-state index contributed by atoms with van der Waals surface area (Å²) < 4.78 is 0.994. The maximum Gasteiger partial charge on any atom is 0.128 e. The number of aromatic nitrogens is 1. The highest BCUT2D eigenvalue weighted by Gasteiger charge is 2.21. The zero-order valence-corrected chi connectivity index (χ0v) is 11.6. The minimum Gasteiger partial charge on any atom is -0.395 e. The lowest BCUT2D eigenvalue weighted by atomic mass is 9.94. The van der Waals surface area contributed by atoms with Crippen molar-refractivity contribution >= 4 is 21.7 Å². The molecule has 0 aromatic carbocycles. The fraction of sp³-hybridized carbons (Fsp3) is 0.615. The quantitative estimate of drug-likeness (QED) is 0.928. The van der Waals surface area contributed by atoms with Crippen molar-refractivity contribution in [2.45, 2.75) is 38.1 Å². The third kappa shape index (κ3) is 3.42. The van der Waals surface area contributed by atoms with Gasteiger partial charge in [0.25, 0.3) is 0 Å². The first-order valence-electron chi connectivity index (χ1n) is 6.30. The van der Waals surface area contributed by atoms with Crippen molar-refractivity contribution in [1.82, 2.24) is 4.98 Å². The van der Waals surface area contributed by atoms with Gasteiger partial charge in [-0.1, -0.05) is 19.3 Å². The molecular weight excluding hydrogens is 280 g/mol. The average molecular weight is 299 g/mol. The van der Waals surface area contributed by atoms with Gasteiger partial charge in [-0.3, -0.25) is 0 Å². The second-order valence-electron chi connectivity index (χ2n) is 4.54. The summed E-state index contributed by atoms with van der Waals surface area (Å²) >= 11 is 3.40. The summed E-state index contributed by atoms with van der Waals surface area (Å²) in [6, 6.07) is 4.58. The normalized spacial score (nSPS) is 17.1. The highest BCUT2D eigenvalue weighted by molar-refractivity contribution is 9.10. The number of halogens is 1. The van der Waals surface area contributed by atoms with Crippen LogP contribution in [-0.2, 0) is 0 Å². The maximum atomic E-state index is 9.20. The lowest BCUT2D eigenvalue weighted by Crippen LogP contribution is -2.39. The molecule has 1 heterocycles. The van der Waals surface area contributed by atoms with Crippen molar-refractivity contribution < 1.29 is 5.11 Å². The molecule has 1 aromatic rings. The maximum absolute atomic E-state index is 9.20. The first-order valence-corrected chi connectivity index (χ1v) is 7.09. The predicted molar refractivity (Wildman–Crippen MR) is 73.2 cm³/mol. The topological polar surface area (TPSA) is 36.4 Å². The van der Waals surface area contributed by atoms with Gasteiger partial charge in [-0.05, 0) is 40.9 Å². The molecule has 1 aliphatic carbocycles. The van der Waals surface area contributed by atoms with Crippen LogP contribution in [0.15, 0.2) is 22.8 Å². The van der Waals surface area contributed by atoms with Crippen molar-refractivity contribution in [2.75, 3.05) is 18.1 Å². The van der Waals surface area contributed by atoms with Crippen LogP contribution in [0.2, 0.25) is 0 Å². The van der Waals surface area contributed by atoms with E-state index in [0.29, 0.717) is 12.6 Å². The molecule has 1 aliphatic rings. The molecule has 3 nitrogen and oxygen atoms in total. The van der Waals surface area contributed by atoms with Crippen molar-refractivity contribution in [3.63, 3.8) is 0 Å². The Bertz CT molecular complexity index is 336. The van der Waals surface area contributed by atoms with Crippen LogP contribution in [0, 0.1) is 0 Å². The molecule has 1 fully saturated rings. The van der Waals surface area contributed by atoms with Crippen molar-refractivity contribution in [3.05, 3.63) is 22.8 Å². The van der Waals surface area contributed by atoms with E-state index < -0.39 is 0 Å². The zero-order valence-electron chi connectivity index (χ0n) is 9.98. The second-order valence-corrected chi connectivity index (χ2v) is 5.46. The number of hydrogen-bond acceptors (Lipinski definition) is 3. The number of pyridine rings is 1. The van der Waals surface area contributed by atoms with Crippen LogP contribution in [0.1, 0.15) is 32.1 Å². The van der Waals surface area contributed by atoms with Gasteiger partial charge in [0.2, 0.25) is 0 Å². The number of rotatable bonds is 4. The molecule has 1 aromatic heterocycles. The van der Waals surface area contributed by atoms with Gasteiger partial charge in [-0.15, -0.1) is 0 Å². The third-order valence-electron chi connectivity index (χ3n) is 3.36. The summed E-state index contributed by atoms with van der Waals surface area (Å²) in [5.74, 6) is 0.981. The van der Waals surface area contributed by atoms with Gasteiger partial charge in [0.15, 0.2) is 0 Å². The molecule has 0 aliphatic heterocycles. The van der Waals surface area contributed by atoms with E-state index in [4.69, 9.17) is 0 Å². The Balaban J connectivity index is 2.12. The number of nitrogens with zero attached hydrogens (tertiary/aromatic N) is 2. The van der Waals surface area contributed by atoms with Gasteiger partial charge >= 0.3 is 0 Å². The van der Waals surface area contributed by atoms with Gasteiger partial charge in [-0.25, -0.2) is 4.98 Å². The van der Waals surface area contributed by atoms with Crippen molar-refractivity contribution in [1.29, 1.82) is 0 Å². The molecule has 0 unspecified atom stereocenters. The van der Waals surface area contributed by atoms with Crippen LogP contribution in [0.3, 0.4) is 0 Å². The van der Waals surface area contributed by atoms with Crippen LogP contribution in [-0.4, -0.2) is 29.3 Å². The molecular formula is C13H19BrN2O. The number of aliphatic hydroxyl groups excluding tert-OH is 1. The van der Waals surface area contributed by atoms with Gasteiger partial charge < -0.3 is 10.0 Å². The Morgan fingerprint density at radius 1 is 1.29 bits per heavy atom. The molecule has 1 N–H and O–H groups in total. The summed E-state index contributed by atoms with van der Waals surface area (Å²) in [7, 11) is 0. The highest BCUT2D eigenvalue weighted by Crippen LogP contribution is 2.26. The average Bonchev–Trinajstić information content (AvgIpc) is 2.38. The Labute approximate surface area is 111 Å². The summed E-state index contributed by atoms with van der Waals surface area (Å²) in [5, 5.41) is 9.20. The smallest absolute Gasteiger partial charge is 0.128 e. The second kappa shape index (κ2) is 6.36. The van der Waals surface area contributed by atoms with E-state index in [1.54, 1.807) is 0 Å². The summed E-state index contributed by atoms with van der Waals surface area (Å²) in [6.07, 6.45) is 8.20. The molecule has 94 valence electrons. The van der Waals surface area contributed by atoms with Crippen LogP contribution in [0.4, 0.5) is 5.82 Å². The largest absolute Gasteiger partial charge is 0.395 e. The van der Waals surface area contributed by atoms with Gasteiger partial charge in [0.1, 0.15) is 5.82 Å². The molecule has 4 heteroatoms. The molecule has 17 heavy (non-hydrogen) atoms. The van der Waals surface area contributed by atoms with Crippen LogP contribution >= 0.6 is 15.9 Å². The molecule has 0 amide bonds. The molecule has 0 atom stereocenters. The van der Waals surface area contributed by atoms with Crippen LogP contribution in [0.5, 0.6) is 0 Å². The molecule has 1 saturated carbocycles. The monoisotopic (exact) mass is 298 g/mol. The van der Waals surface area contributed by atoms with E-state index >= 15 is 0 Å². The Morgan fingerprint density at radius 3 is 2.65 bits per heavy atom. The zero-order chi connectivity index (χ0) is 12.1. The van der Waals surface area contributed by atoms with Crippen LogP contribution in [0.25, 0.3) is 0 Å². The van der Waals surface area contributed by atoms with Gasteiger partial charge in [0, 0.05) is 23.3 Å². The number of anilines is 1. The summed E-state index contributed by atoms with van der Waals surface area (Å²) in [6.45, 7) is 0.869. The highest BCUT2D eigenvalue weighted by atomic mass is 79.9. The van der Waals surface area contributed by atoms with Gasteiger partial charge in [-0.2, -0.15) is 0 Å². The van der Waals surface area contributed by atoms with Gasteiger partial charge in [0.05, 0.1) is 6.61 Å². The summed E-state index contributed by atoms with van der Waals surface area (Å²) in [4.78, 5) is 6.70. The Kier molecular flexibility index (Phi) is 4.80. The number of aliphatic hydroxyl groups is 1. The minimum atomic E-state index is 0.189. The molecule has 0 radical (unpaired) electrons. The van der Waals surface area contributed by atoms with Crippen molar-refractivity contribution in [2.24, 2.45) is 0 Å². The Hall–Kier alpha value is -0.610. The van der Waals surface area contributed by atoms with E-state index in [0.717, 1.165) is 10.3 Å². The van der Waals surface area contributed by atoms with E-state index in [1.165, 1.54) is 32.1 Å². The third-order valence-corrected chi connectivity index (χ3v) is 3.83. The van der Waals surface area contributed by atoms with Crippen LogP contribution < -0.4 is 4.90 Å². The molecule has 0 bridgehead atoms. The first kappa shape index (κ1) is 12.8. The lowest BCUT2D eigenvalue weighted by Gasteiger charge is -2.34. The predicted octanol–water partition coefficient (Wildman–Crippen LogP) is 2.98. The lowest BCUT2D eigenvalue weighted by molar-refractivity contribution is 0.289.